The first-order valence-electron chi connectivity index (χ1n) is 5.93. The number of aromatic nitrogens is 1. The molecule has 1 amide bonds. The van der Waals surface area contributed by atoms with Crippen molar-refractivity contribution in [3.63, 3.8) is 0 Å². The summed E-state index contributed by atoms with van der Waals surface area (Å²) >= 11 is 0. The van der Waals surface area contributed by atoms with Gasteiger partial charge in [0, 0.05) is 19.7 Å². The number of hydrogen-bond acceptors (Lipinski definition) is 5. The van der Waals surface area contributed by atoms with Crippen LogP contribution in [0.15, 0.2) is 22.1 Å². The minimum Gasteiger partial charge on any atom is -0.503 e. The van der Waals surface area contributed by atoms with Crippen molar-refractivity contribution >= 4 is 11.6 Å². The third kappa shape index (κ3) is 3.57. The Morgan fingerprint density at radius 2 is 2.21 bits per heavy atom. The van der Waals surface area contributed by atoms with Crippen molar-refractivity contribution in [1.82, 2.24) is 10.0 Å². The van der Waals surface area contributed by atoms with E-state index in [4.69, 9.17) is 0 Å². The van der Waals surface area contributed by atoms with E-state index in [1.54, 1.807) is 0 Å². The number of carbonyl (C=O) groups is 1. The van der Waals surface area contributed by atoms with Crippen molar-refractivity contribution in [2.24, 2.45) is 4.99 Å². The van der Waals surface area contributed by atoms with Crippen LogP contribution >= 0.6 is 0 Å². The molecule has 1 aromatic heterocycles. The normalized spacial score (nSPS) is 11.4. The minimum atomic E-state index is -0.688. The van der Waals surface area contributed by atoms with Crippen LogP contribution in [0.3, 0.4) is 0 Å². The first-order valence-corrected chi connectivity index (χ1v) is 5.93. The Kier molecular flexibility index (Phi) is 5.11. The summed E-state index contributed by atoms with van der Waals surface area (Å²) in [5, 5.41) is 21.2. The third-order valence-corrected chi connectivity index (χ3v) is 2.48. The number of unbranched alkanes of at least 4 members (excludes halogenated alkanes) is 1. The van der Waals surface area contributed by atoms with Gasteiger partial charge in [0.15, 0.2) is 5.75 Å². The maximum atomic E-state index is 11.7. The number of likely N-dealkylation sites (N-methyl/N-ethyl adjacent to an activating group) is 1. The number of aromatic hydroxyl groups is 1. The predicted molar refractivity (Wildman–Crippen MR) is 69.9 cm³/mol. The number of nitrogens with zero attached hydrogens (tertiary/aromatic N) is 2. The Morgan fingerprint density at radius 1 is 1.53 bits per heavy atom. The quantitative estimate of drug-likeness (QED) is 0.400. The SMILES string of the molecule is CCCCN=C(C(=O)NC)c1cc(=O)c(O)cn1O. The van der Waals surface area contributed by atoms with Crippen molar-refractivity contribution in [3.8, 4) is 5.75 Å². The number of rotatable bonds is 5. The second-order valence-corrected chi connectivity index (χ2v) is 3.92. The van der Waals surface area contributed by atoms with E-state index in [1.165, 1.54) is 7.05 Å². The van der Waals surface area contributed by atoms with Gasteiger partial charge < -0.3 is 15.6 Å². The van der Waals surface area contributed by atoms with E-state index in [0.717, 1.165) is 25.1 Å². The summed E-state index contributed by atoms with van der Waals surface area (Å²) in [4.78, 5) is 27.2. The zero-order valence-electron chi connectivity index (χ0n) is 10.9. The molecule has 0 fully saturated rings. The third-order valence-electron chi connectivity index (χ3n) is 2.48. The van der Waals surface area contributed by atoms with Crippen LogP contribution in [-0.2, 0) is 4.79 Å². The van der Waals surface area contributed by atoms with Crippen molar-refractivity contribution in [2.75, 3.05) is 13.6 Å². The maximum Gasteiger partial charge on any atom is 0.271 e. The second-order valence-electron chi connectivity index (χ2n) is 3.92. The van der Waals surface area contributed by atoms with Crippen LogP contribution in [0.5, 0.6) is 5.75 Å². The van der Waals surface area contributed by atoms with Gasteiger partial charge in [-0.05, 0) is 6.42 Å². The molecule has 3 N–H and O–H groups in total. The van der Waals surface area contributed by atoms with Gasteiger partial charge in [0.1, 0.15) is 11.4 Å². The molecular weight excluding hydrogens is 250 g/mol. The number of pyridine rings is 1. The minimum absolute atomic E-state index is 0.0458. The molecule has 0 aliphatic heterocycles. The molecule has 0 aromatic carbocycles. The average molecular weight is 267 g/mol. The van der Waals surface area contributed by atoms with Gasteiger partial charge in [-0.15, -0.1) is 0 Å². The van der Waals surface area contributed by atoms with Gasteiger partial charge in [0.2, 0.25) is 5.43 Å². The van der Waals surface area contributed by atoms with Crippen molar-refractivity contribution in [1.29, 1.82) is 0 Å². The Labute approximate surface area is 110 Å². The zero-order valence-corrected chi connectivity index (χ0v) is 10.9. The zero-order chi connectivity index (χ0) is 14.4. The van der Waals surface area contributed by atoms with Crippen LogP contribution in [0.4, 0.5) is 0 Å². The van der Waals surface area contributed by atoms with Gasteiger partial charge in [-0.2, -0.15) is 4.73 Å². The molecule has 0 atom stereocenters. The highest BCUT2D eigenvalue weighted by Gasteiger charge is 2.17. The van der Waals surface area contributed by atoms with Crippen LogP contribution in [-0.4, -0.2) is 40.3 Å². The summed E-state index contributed by atoms with van der Waals surface area (Å²) in [5.74, 6) is -1.11. The van der Waals surface area contributed by atoms with Crippen LogP contribution in [0.2, 0.25) is 0 Å². The lowest BCUT2D eigenvalue weighted by molar-refractivity contribution is -0.114. The Morgan fingerprint density at radius 3 is 2.79 bits per heavy atom. The molecule has 0 saturated carbocycles. The number of amides is 1. The first-order chi connectivity index (χ1) is 9.01. The Bertz CT molecular complexity index is 548. The van der Waals surface area contributed by atoms with Gasteiger partial charge in [0.25, 0.3) is 5.91 Å². The lowest BCUT2D eigenvalue weighted by Crippen LogP contribution is -2.31. The van der Waals surface area contributed by atoms with E-state index in [0.29, 0.717) is 11.3 Å². The van der Waals surface area contributed by atoms with Gasteiger partial charge in [-0.3, -0.25) is 14.6 Å². The first kappa shape index (κ1) is 14.7. The second kappa shape index (κ2) is 6.58. The molecule has 0 aliphatic carbocycles. The molecule has 0 spiro atoms. The summed E-state index contributed by atoms with van der Waals surface area (Å²) in [5.41, 5.74) is -0.791. The van der Waals surface area contributed by atoms with Gasteiger partial charge in [-0.1, -0.05) is 13.3 Å². The molecule has 7 nitrogen and oxygen atoms in total. The van der Waals surface area contributed by atoms with Gasteiger partial charge in [0.05, 0.1) is 6.20 Å². The average Bonchev–Trinajstić information content (AvgIpc) is 2.39. The van der Waals surface area contributed by atoms with Crippen molar-refractivity contribution in [3.05, 3.63) is 28.2 Å². The molecule has 19 heavy (non-hydrogen) atoms. The summed E-state index contributed by atoms with van der Waals surface area (Å²) in [7, 11) is 1.43. The smallest absolute Gasteiger partial charge is 0.271 e. The summed E-state index contributed by atoms with van der Waals surface area (Å²) < 4.78 is 0.511. The van der Waals surface area contributed by atoms with Gasteiger partial charge >= 0.3 is 0 Å². The lowest BCUT2D eigenvalue weighted by atomic mass is 10.2. The molecule has 7 heteroatoms. The molecule has 104 valence electrons. The molecule has 1 aromatic rings. The molecule has 0 saturated heterocycles. The Balaban J connectivity index is 3.25. The molecule has 1 heterocycles. The highest BCUT2D eigenvalue weighted by atomic mass is 16.5. The van der Waals surface area contributed by atoms with Crippen LogP contribution in [0, 0.1) is 0 Å². The predicted octanol–water partition coefficient (Wildman–Crippen LogP) is 0.126. The fourth-order valence-electron chi connectivity index (χ4n) is 1.43. The standard InChI is InChI=1S/C12H17N3O4/c1-3-4-5-14-11(12(18)13-2)8-6-9(16)10(17)7-15(8)19/h6-7,17,19H,3-5H2,1-2H3,(H,13,18). The molecule has 0 aliphatic rings. The lowest BCUT2D eigenvalue weighted by Gasteiger charge is -2.09. The van der Waals surface area contributed by atoms with E-state index >= 15 is 0 Å². The molecule has 0 radical (unpaired) electrons. The topological polar surface area (TPSA) is 104 Å². The maximum absolute atomic E-state index is 11.7. The van der Waals surface area contributed by atoms with E-state index in [9.17, 15) is 19.9 Å². The molecule has 1 rings (SSSR count). The van der Waals surface area contributed by atoms with E-state index < -0.39 is 17.1 Å². The monoisotopic (exact) mass is 267 g/mol. The van der Waals surface area contributed by atoms with E-state index in [2.05, 4.69) is 10.3 Å². The highest BCUT2D eigenvalue weighted by Crippen LogP contribution is 2.05. The van der Waals surface area contributed by atoms with Crippen LogP contribution in [0.25, 0.3) is 0 Å². The molecule has 0 bridgehead atoms. The van der Waals surface area contributed by atoms with Gasteiger partial charge in [-0.25, -0.2) is 0 Å². The number of aliphatic imine (C=N–C) groups is 1. The number of hydrogen-bond donors (Lipinski definition) is 3. The fraction of sp³-hybridized carbons (Fsp3) is 0.417. The largest absolute Gasteiger partial charge is 0.503 e. The van der Waals surface area contributed by atoms with E-state index in [-0.39, 0.29) is 11.4 Å². The molecular formula is C12H17N3O4. The highest BCUT2D eigenvalue weighted by molar-refractivity contribution is 6.44. The summed E-state index contributed by atoms with van der Waals surface area (Å²) in [6.45, 7) is 2.39. The van der Waals surface area contributed by atoms with E-state index in [1.807, 2.05) is 6.92 Å². The van der Waals surface area contributed by atoms with Crippen LogP contribution in [0.1, 0.15) is 25.5 Å². The summed E-state index contributed by atoms with van der Waals surface area (Å²) in [6.07, 6.45) is 2.52. The summed E-state index contributed by atoms with van der Waals surface area (Å²) in [6, 6.07) is 0.968. The Hall–Kier alpha value is -2.31. The molecule has 0 unspecified atom stereocenters. The number of carbonyl (C=O) groups excluding carboxylic acids is 1. The van der Waals surface area contributed by atoms with Crippen molar-refractivity contribution < 1.29 is 15.1 Å². The number of nitrogens with one attached hydrogen (secondary N) is 1. The van der Waals surface area contributed by atoms with Crippen molar-refractivity contribution in [2.45, 2.75) is 19.8 Å². The fourth-order valence-corrected chi connectivity index (χ4v) is 1.43. The van der Waals surface area contributed by atoms with Crippen LogP contribution < -0.4 is 10.7 Å².